The summed E-state index contributed by atoms with van der Waals surface area (Å²) in [7, 11) is 0. The molecule has 0 nitrogen and oxygen atoms in total. The third-order valence-corrected chi connectivity index (χ3v) is 3.34. The van der Waals surface area contributed by atoms with Crippen molar-refractivity contribution in [2.45, 2.75) is 31.6 Å². The Balaban J connectivity index is 3.03. The van der Waals surface area contributed by atoms with Crippen molar-refractivity contribution in [1.82, 2.24) is 0 Å². The van der Waals surface area contributed by atoms with Gasteiger partial charge in [0.1, 0.15) is 0 Å². The highest BCUT2D eigenvalue weighted by atomic mass is 79.9. The first-order valence-electron chi connectivity index (χ1n) is 4.57. The molecule has 13 heavy (non-hydrogen) atoms. The van der Waals surface area contributed by atoms with Gasteiger partial charge in [-0.15, -0.1) is 11.8 Å². The summed E-state index contributed by atoms with van der Waals surface area (Å²) in [4.78, 5) is 1.41. The van der Waals surface area contributed by atoms with Crippen LogP contribution in [0.2, 0.25) is 0 Å². The molecule has 0 fully saturated rings. The Bertz CT molecular complexity index is 281. The molecule has 0 radical (unpaired) electrons. The Morgan fingerprint density at radius 2 is 2.08 bits per heavy atom. The monoisotopic (exact) mass is 258 g/mol. The van der Waals surface area contributed by atoms with Gasteiger partial charge in [0.2, 0.25) is 0 Å². The van der Waals surface area contributed by atoms with Crippen LogP contribution in [0.3, 0.4) is 0 Å². The number of halogens is 1. The van der Waals surface area contributed by atoms with Crippen LogP contribution < -0.4 is 0 Å². The van der Waals surface area contributed by atoms with Gasteiger partial charge in [0.25, 0.3) is 0 Å². The van der Waals surface area contributed by atoms with E-state index in [1.807, 2.05) is 11.8 Å². The van der Waals surface area contributed by atoms with Crippen molar-refractivity contribution in [1.29, 1.82) is 0 Å². The molecule has 0 aliphatic heterocycles. The zero-order valence-electron chi connectivity index (χ0n) is 8.30. The molecule has 0 heterocycles. The van der Waals surface area contributed by atoms with E-state index >= 15 is 0 Å². The summed E-state index contributed by atoms with van der Waals surface area (Å²) in [6.07, 6.45) is 0. The SMILES string of the molecule is CCSc1cc(Br)ccc1C(C)C. The minimum atomic E-state index is 0.613. The number of thioether (sulfide) groups is 1. The highest BCUT2D eigenvalue weighted by molar-refractivity contribution is 9.10. The Morgan fingerprint density at radius 3 is 2.62 bits per heavy atom. The highest BCUT2D eigenvalue weighted by Gasteiger charge is 2.06. The molecule has 0 N–H and O–H groups in total. The molecule has 0 bridgehead atoms. The van der Waals surface area contributed by atoms with Crippen LogP contribution in [0.4, 0.5) is 0 Å². The van der Waals surface area contributed by atoms with Crippen LogP contribution in [0.25, 0.3) is 0 Å². The molecule has 0 saturated heterocycles. The van der Waals surface area contributed by atoms with Gasteiger partial charge in [-0.2, -0.15) is 0 Å². The fraction of sp³-hybridized carbons (Fsp3) is 0.455. The van der Waals surface area contributed by atoms with E-state index in [1.165, 1.54) is 14.9 Å². The van der Waals surface area contributed by atoms with Gasteiger partial charge in [0.15, 0.2) is 0 Å². The Kier molecular flexibility index (Phi) is 4.33. The van der Waals surface area contributed by atoms with Crippen molar-refractivity contribution in [3.8, 4) is 0 Å². The fourth-order valence-electron chi connectivity index (χ4n) is 1.27. The van der Waals surface area contributed by atoms with E-state index in [9.17, 15) is 0 Å². The average molecular weight is 259 g/mol. The zero-order chi connectivity index (χ0) is 9.84. The van der Waals surface area contributed by atoms with Crippen LogP contribution >= 0.6 is 27.7 Å². The van der Waals surface area contributed by atoms with Crippen molar-refractivity contribution in [2.75, 3.05) is 5.75 Å². The molecular weight excluding hydrogens is 244 g/mol. The molecule has 0 aromatic heterocycles. The Morgan fingerprint density at radius 1 is 1.38 bits per heavy atom. The normalized spacial score (nSPS) is 10.8. The minimum absolute atomic E-state index is 0.613. The second-order valence-corrected chi connectivity index (χ2v) is 5.49. The summed E-state index contributed by atoms with van der Waals surface area (Å²) in [6.45, 7) is 6.67. The third-order valence-electron chi connectivity index (χ3n) is 1.90. The molecule has 0 spiro atoms. The van der Waals surface area contributed by atoms with Gasteiger partial charge in [0.05, 0.1) is 0 Å². The maximum absolute atomic E-state index is 3.50. The van der Waals surface area contributed by atoms with Gasteiger partial charge in [-0.1, -0.05) is 42.8 Å². The second kappa shape index (κ2) is 5.06. The van der Waals surface area contributed by atoms with E-state index in [0.29, 0.717) is 5.92 Å². The molecule has 2 heteroatoms. The summed E-state index contributed by atoms with van der Waals surface area (Å²) in [5.41, 5.74) is 1.45. The van der Waals surface area contributed by atoms with Gasteiger partial charge in [-0.25, -0.2) is 0 Å². The molecule has 1 rings (SSSR count). The maximum atomic E-state index is 3.50. The molecule has 1 aromatic rings. The first-order chi connectivity index (χ1) is 6.15. The van der Waals surface area contributed by atoms with E-state index in [1.54, 1.807) is 0 Å². The summed E-state index contributed by atoms with van der Waals surface area (Å²) < 4.78 is 1.17. The van der Waals surface area contributed by atoms with Crippen LogP contribution in [0.5, 0.6) is 0 Å². The van der Waals surface area contributed by atoms with Gasteiger partial charge in [0, 0.05) is 9.37 Å². The van der Waals surface area contributed by atoms with Crippen molar-refractivity contribution in [2.24, 2.45) is 0 Å². The summed E-state index contributed by atoms with van der Waals surface area (Å²) in [5, 5.41) is 0. The van der Waals surface area contributed by atoms with Crippen LogP contribution in [0.15, 0.2) is 27.6 Å². The smallest absolute Gasteiger partial charge is 0.0186 e. The van der Waals surface area contributed by atoms with E-state index in [0.717, 1.165) is 5.75 Å². The van der Waals surface area contributed by atoms with Crippen molar-refractivity contribution >= 4 is 27.7 Å². The van der Waals surface area contributed by atoms with Crippen molar-refractivity contribution < 1.29 is 0 Å². The number of hydrogen-bond acceptors (Lipinski definition) is 1. The Labute approximate surface area is 93.2 Å². The lowest BCUT2D eigenvalue weighted by Gasteiger charge is -2.11. The lowest BCUT2D eigenvalue weighted by atomic mass is 10.0. The average Bonchev–Trinajstić information content (AvgIpc) is 2.04. The number of hydrogen-bond donors (Lipinski definition) is 0. The minimum Gasteiger partial charge on any atom is -0.126 e. The molecule has 1 aromatic carbocycles. The van der Waals surface area contributed by atoms with Gasteiger partial charge in [-0.05, 0) is 29.4 Å². The maximum Gasteiger partial charge on any atom is 0.0186 e. The topological polar surface area (TPSA) is 0 Å². The first kappa shape index (κ1) is 11.1. The molecule has 0 amide bonds. The molecule has 0 unspecified atom stereocenters. The first-order valence-corrected chi connectivity index (χ1v) is 6.35. The lowest BCUT2D eigenvalue weighted by Crippen LogP contribution is -1.90. The van der Waals surface area contributed by atoms with Crippen molar-refractivity contribution in [3.05, 3.63) is 28.2 Å². The predicted molar refractivity (Wildman–Crippen MR) is 64.6 cm³/mol. The van der Waals surface area contributed by atoms with Gasteiger partial charge < -0.3 is 0 Å². The Hall–Kier alpha value is 0.0500. The third kappa shape index (κ3) is 3.03. The van der Waals surface area contributed by atoms with Crippen LogP contribution in [0.1, 0.15) is 32.3 Å². The zero-order valence-corrected chi connectivity index (χ0v) is 10.7. The van der Waals surface area contributed by atoms with Gasteiger partial charge >= 0.3 is 0 Å². The standard InChI is InChI=1S/C11H15BrS/c1-4-13-11-7-9(12)5-6-10(11)8(2)3/h5-8H,4H2,1-3H3. The lowest BCUT2D eigenvalue weighted by molar-refractivity contribution is 0.841. The number of benzene rings is 1. The van der Waals surface area contributed by atoms with Crippen molar-refractivity contribution in [3.63, 3.8) is 0 Å². The summed E-state index contributed by atoms with van der Waals surface area (Å²) >= 11 is 5.42. The largest absolute Gasteiger partial charge is 0.126 e. The summed E-state index contributed by atoms with van der Waals surface area (Å²) in [5.74, 6) is 1.75. The second-order valence-electron chi connectivity index (χ2n) is 3.27. The molecule has 0 saturated carbocycles. The van der Waals surface area contributed by atoms with E-state index in [4.69, 9.17) is 0 Å². The molecule has 0 aliphatic carbocycles. The highest BCUT2D eigenvalue weighted by Crippen LogP contribution is 2.30. The fourth-order valence-corrected chi connectivity index (χ4v) is 2.77. The van der Waals surface area contributed by atoms with Gasteiger partial charge in [-0.3, -0.25) is 0 Å². The quantitative estimate of drug-likeness (QED) is 0.710. The number of rotatable bonds is 3. The molecule has 72 valence electrons. The van der Waals surface area contributed by atoms with E-state index in [-0.39, 0.29) is 0 Å². The van der Waals surface area contributed by atoms with Crippen LogP contribution in [0, 0.1) is 0 Å². The molecule has 0 aliphatic rings. The van der Waals surface area contributed by atoms with E-state index < -0.39 is 0 Å². The molecular formula is C11H15BrS. The van der Waals surface area contributed by atoms with Crippen LogP contribution in [-0.4, -0.2) is 5.75 Å². The predicted octanol–water partition coefficient (Wildman–Crippen LogP) is 4.68. The van der Waals surface area contributed by atoms with Crippen LogP contribution in [-0.2, 0) is 0 Å². The van der Waals surface area contributed by atoms with E-state index in [2.05, 4.69) is 54.9 Å². The summed E-state index contributed by atoms with van der Waals surface area (Å²) in [6, 6.07) is 6.55. The molecule has 0 atom stereocenters.